The van der Waals surface area contributed by atoms with Gasteiger partial charge in [0.25, 0.3) is 0 Å². The zero-order chi connectivity index (χ0) is 13.4. The molecule has 0 saturated carbocycles. The molecular formula is C12H21N3O2. The highest BCUT2D eigenvalue weighted by atomic mass is 16.2. The van der Waals surface area contributed by atoms with Crippen molar-refractivity contribution in [3.8, 4) is 0 Å². The molecule has 0 spiro atoms. The number of hydrogen-bond donors (Lipinski definition) is 2. The SMILES string of the molecule is CCC(C)C=N/C(NC(C)=O)=C(\C)C(=O)NC. The van der Waals surface area contributed by atoms with E-state index in [9.17, 15) is 9.59 Å². The largest absolute Gasteiger partial charge is 0.355 e. The Hall–Kier alpha value is -1.65. The normalized spacial score (nSPS) is 14.2. The lowest BCUT2D eigenvalue weighted by molar-refractivity contribution is -0.118. The van der Waals surface area contributed by atoms with E-state index in [1.165, 1.54) is 14.0 Å². The second-order valence-corrected chi connectivity index (χ2v) is 3.90. The zero-order valence-corrected chi connectivity index (χ0v) is 11.1. The molecule has 0 aliphatic rings. The average molecular weight is 239 g/mol. The minimum atomic E-state index is -0.255. The maximum absolute atomic E-state index is 11.5. The van der Waals surface area contributed by atoms with Gasteiger partial charge in [-0.05, 0) is 19.3 Å². The molecule has 0 rings (SSSR count). The Morgan fingerprint density at radius 2 is 1.94 bits per heavy atom. The van der Waals surface area contributed by atoms with E-state index < -0.39 is 0 Å². The maximum atomic E-state index is 11.5. The Bertz CT molecular complexity index is 346. The Labute approximate surface area is 102 Å². The highest BCUT2D eigenvalue weighted by Gasteiger charge is 2.09. The number of likely N-dealkylation sites (N-methyl/N-ethyl adjacent to an activating group) is 1. The van der Waals surface area contributed by atoms with E-state index in [2.05, 4.69) is 15.6 Å². The van der Waals surface area contributed by atoms with Gasteiger partial charge in [-0.25, -0.2) is 4.99 Å². The summed E-state index contributed by atoms with van der Waals surface area (Å²) >= 11 is 0. The standard InChI is InChI=1S/C12H21N3O2/c1-6-8(2)7-14-11(15-10(4)16)9(3)12(17)13-5/h7-8H,6H2,1-5H3,(H,13,17)(H,15,16)/b11-9-,14-7?. The summed E-state index contributed by atoms with van der Waals surface area (Å²) in [7, 11) is 1.54. The van der Waals surface area contributed by atoms with Gasteiger partial charge in [-0.1, -0.05) is 13.8 Å². The van der Waals surface area contributed by atoms with Crippen LogP contribution >= 0.6 is 0 Å². The van der Waals surface area contributed by atoms with Crippen molar-refractivity contribution >= 4 is 18.0 Å². The number of nitrogens with zero attached hydrogens (tertiary/aromatic N) is 1. The van der Waals surface area contributed by atoms with Gasteiger partial charge >= 0.3 is 0 Å². The first kappa shape index (κ1) is 15.3. The van der Waals surface area contributed by atoms with Crippen LogP contribution in [0.4, 0.5) is 0 Å². The first-order valence-electron chi connectivity index (χ1n) is 5.67. The molecule has 0 aliphatic heterocycles. The van der Waals surface area contributed by atoms with Gasteiger partial charge in [-0.3, -0.25) is 9.59 Å². The first-order valence-corrected chi connectivity index (χ1v) is 5.67. The summed E-state index contributed by atoms with van der Waals surface area (Å²) < 4.78 is 0. The minimum Gasteiger partial charge on any atom is -0.355 e. The van der Waals surface area contributed by atoms with Crippen molar-refractivity contribution in [2.24, 2.45) is 10.9 Å². The summed E-state index contributed by atoms with van der Waals surface area (Å²) in [5, 5.41) is 5.05. The van der Waals surface area contributed by atoms with Crippen LogP contribution in [-0.4, -0.2) is 25.1 Å². The lowest BCUT2D eigenvalue weighted by Gasteiger charge is -2.08. The summed E-state index contributed by atoms with van der Waals surface area (Å²) in [6.07, 6.45) is 2.69. The average Bonchev–Trinajstić information content (AvgIpc) is 2.31. The summed E-state index contributed by atoms with van der Waals surface area (Å²) in [6, 6.07) is 0. The molecule has 0 heterocycles. The predicted molar refractivity (Wildman–Crippen MR) is 68.5 cm³/mol. The molecule has 0 saturated heterocycles. The van der Waals surface area contributed by atoms with Crippen molar-refractivity contribution < 1.29 is 9.59 Å². The van der Waals surface area contributed by atoms with Crippen molar-refractivity contribution in [2.75, 3.05) is 7.05 Å². The van der Waals surface area contributed by atoms with Crippen LogP contribution in [0.5, 0.6) is 0 Å². The van der Waals surface area contributed by atoms with Crippen molar-refractivity contribution in [3.05, 3.63) is 11.4 Å². The van der Waals surface area contributed by atoms with Crippen LogP contribution < -0.4 is 10.6 Å². The van der Waals surface area contributed by atoms with Gasteiger partial charge in [0.1, 0.15) is 5.82 Å². The third kappa shape index (κ3) is 5.85. The van der Waals surface area contributed by atoms with Crippen LogP contribution in [0.25, 0.3) is 0 Å². The molecule has 2 N–H and O–H groups in total. The van der Waals surface area contributed by atoms with E-state index in [0.717, 1.165) is 6.42 Å². The van der Waals surface area contributed by atoms with E-state index in [1.54, 1.807) is 13.1 Å². The molecule has 96 valence electrons. The van der Waals surface area contributed by atoms with Gasteiger partial charge in [0.2, 0.25) is 11.8 Å². The van der Waals surface area contributed by atoms with Crippen LogP contribution in [0, 0.1) is 5.92 Å². The highest BCUT2D eigenvalue weighted by Crippen LogP contribution is 2.04. The smallest absolute Gasteiger partial charge is 0.250 e. The lowest BCUT2D eigenvalue weighted by Crippen LogP contribution is -2.26. The summed E-state index contributed by atoms with van der Waals surface area (Å²) in [4.78, 5) is 26.7. The fraction of sp³-hybridized carbons (Fsp3) is 0.583. The lowest BCUT2D eigenvalue weighted by atomic mass is 10.1. The van der Waals surface area contributed by atoms with Crippen LogP contribution in [-0.2, 0) is 9.59 Å². The summed E-state index contributed by atoms with van der Waals surface area (Å²) in [5.74, 6) is 0.105. The quantitative estimate of drug-likeness (QED) is 0.559. The summed E-state index contributed by atoms with van der Waals surface area (Å²) in [6.45, 7) is 7.07. The maximum Gasteiger partial charge on any atom is 0.250 e. The topological polar surface area (TPSA) is 70.6 Å². The van der Waals surface area contributed by atoms with E-state index in [4.69, 9.17) is 0 Å². The number of nitrogens with one attached hydrogen (secondary N) is 2. The van der Waals surface area contributed by atoms with Gasteiger partial charge in [-0.15, -0.1) is 0 Å². The molecule has 2 amide bonds. The number of carbonyl (C=O) groups is 2. The Kier molecular flexibility index (Phi) is 6.86. The van der Waals surface area contributed by atoms with Gasteiger partial charge < -0.3 is 10.6 Å². The van der Waals surface area contributed by atoms with Gasteiger partial charge in [0, 0.05) is 20.2 Å². The molecule has 1 atom stereocenters. The minimum absolute atomic E-state index is 0.246. The predicted octanol–water partition coefficient (Wildman–Crippen LogP) is 1.22. The number of rotatable bonds is 5. The molecule has 0 aromatic heterocycles. The Morgan fingerprint density at radius 3 is 2.35 bits per heavy atom. The third-order valence-electron chi connectivity index (χ3n) is 2.32. The molecule has 0 fully saturated rings. The molecule has 0 aliphatic carbocycles. The van der Waals surface area contributed by atoms with Crippen molar-refractivity contribution in [1.82, 2.24) is 10.6 Å². The molecule has 0 aromatic carbocycles. The molecule has 5 heteroatoms. The molecular weight excluding hydrogens is 218 g/mol. The van der Waals surface area contributed by atoms with Crippen molar-refractivity contribution in [1.29, 1.82) is 0 Å². The van der Waals surface area contributed by atoms with Crippen LogP contribution in [0.3, 0.4) is 0 Å². The molecule has 0 aromatic rings. The van der Waals surface area contributed by atoms with E-state index in [0.29, 0.717) is 17.3 Å². The second-order valence-electron chi connectivity index (χ2n) is 3.90. The van der Waals surface area contributed by atoms with E-state index >= 15 is 0 Å². The molecule has 0 radical (unpaired) electrons. The molecule has 0 bridgehead atoms. The third-order valence-corrected chi connectivity index (χ3v) is 2.32. The van der Waals surface area contributed by atoms with Crippen molar-refractivity contribution in [3.63, 3.8) is 0 Å². The Balaban J connectivity index is 5.06. The number of aliphatic imine (C=N–C) groups is 1. The zero-order valence-electron chi connectivity index (χ0n) is 11.1. The fourth-order valence-corrected chi connectivity index (χ4v) is 0.992. The Morgan fingerprint density at radius 1 is 1.35 bits per heavy atom. The number of amides is 2. The van der Waals surface area contributed by atoms with Gasteiger partial charge in [0.05, 0.1) is 5.57 Å². The van der Waals surface area contributed by atoms with Crippen LogP contribution in [0.1, 0.15) is 34.1 Å². The summed E-state index contributed by atoms with van der Waals surface area (Å²) in [5.41, 5.74) is 0.391. The van der Waals surface area contributed by atoms with E-state index in [1.807, 2.05) is 13.8 Å². The van der Waals surface area contributed by atoms with Crippen molar-refractivity contribution in [2.45, 2.75) is 34.1 Å². The molecule has 17 heavy (non-hydrogen) atoms. The van der Waals surface area contributed by atoms with Crippen LogP contribution in [0.2, 0.25) is 0 Å². The number of hydrogen-bond acceptors (Lipinski definition) is 3. The molecule has 5 nitrogen and oxygen atoms in total. The van der Waals surface area contributed by atoms with Gasteiger partial charge in [-0.2, -0.15) is 0 Å². The van der Waals surface area contributed by atoms with E-state index in [-0.39, 0.29) is 11.8 Å². The highest BCUT2D eigenvalue weighted by molar-refractivity contribution is 5.94. The number of carbonyl (C=O) groups excluding carboxylic acids is 2. The second kappa shape index (κ2) is 7.60. The van der Waals surface area contributed by atoms with Gasteiger partial charge in [0.15, 0.2) is 0 Å². The fourth-order valence-electron chi connectivity index (χ4n) is 0.992. The first-order chi connectivity index (χ1) is 7.92. The van der Waals surface area contributed by atoms with Crippen LogP contribution in [0.15, 0.2) is 16.4 Å². The molecule has 1 unspecified atom stereocenters. The monoisotopic (exact) mass is 239 g/mol.